The third-order valence-corrected chi connectivity index (χ3v) is 3.55. The van der Waals surface area contributed by atoms with Crippen molar-refractivity contribution in [2.24, 2.45) is 0 Å². The van der Waals surface area contributed by atoms with Crippen LogP contribution in [0.5, 0.6) is 0 Å². The largest absolute Gasteiger partial charge is 0.269 e. The minimum atomic E-state index is -0.367. The Balaban J connectivity index is 2.06. The smallest absolute Gasteiger partial charge is 0.258 e. The second kappa shape index (κ2) is 5.65. The molecular weight excluding hydrogens is 238 g/mol. The van der Waals surface area contributed by atoms with E-state index in [0.29, 0.717) is 0 Å². The molecule has 0 N–H and O–H groups in total. The number of aryl methyl sites for hydroxylation is 3. The predicted octanol–water partition coefficient (Wildman–Crippen LogP) is 4.00. The zero-order valence-corrected chi connectivity index (χ0v) is 11.2. The summed E-state index contributed by atoms with van der Waals surface area (Å²) in [7, 11) is 0. The van der Waals surface area contributed by atoms with Crippen LogP contribution in [0.25, 0.3) is 0 Å². The van der Waals surface area contributed by atoms with E-state index in [-0.39, 0.29) is 10.6 Å². The molecule has 2 aromatic carbocycles. The number of hydrogen-bond acceptors (Lipinski definition) is 2. The molecule has 2 rings (SSSR count). The van der Waals surface area contributed by atoms with Gasteiger partial charge in [0.05, 0.1) is 4.92 Å². The number of benzene rings is 2. The number of rotatable bonds is 4. The monoisotopic (exact) mass is 255 g/mol. The fourth-order valence-corrected chi connectivity index (χ4v) is 2.15. The van der Waals surface area contributed by atoms with E-state index in [1.807, 2.05) is 12.1 Å². The van der Waals surface area contributed by atoms with Crippen LogP contribution in [0.2, 0.25) is 0 Å². The van der Waals surface area contributed by atoms with Crippen LogP contribution in [0.3, 0.4) is 0 Å². The molecule has 98 valence electrons. The predicted molar refractivity (Wildman–Crippen MR) is 76.4 cm³/mol. The van der Waals surface area contributed by atoms with Gasteiger partial charge in [0.15, 0.2) is 0 Å². The van der Waals surface area contributed by atoms with Crippen molar-refractivity contribution < 1.29 is 4.92 Å². The lowest BCUT2D eigenvalue weighted by Gasteiger charge is -2.08. The fourth-order valence-electron chi connectivity index (χ4n) is 2.15. The number of nitro groups is 1. The highest BCUT2D eigenvalue weighted by Gasteiger charge is 2.05. The molecule has 0 aliphatic rings. The molecule has 0 bridgehead atoms. The van der Waals surface area contributed by atoms with Gasteiger partial charge in [-0.25, -0.2) is 0 Å². The summed E-state index contributed by atoms with van der Waals surface area (Å²) < 4.78 is 0. The van der Waals surface area contributed by atoms with Crippen molar-refractivity contribution in [1.29, 1.82) is 0 Å². The van der Waals surface area contributed by atoms with Gasteiger partial charge in [0.25, 0.3) is 5.69 Å². The van der Waals surface area contributed by atoms with Gasteiger partial charge >= 0.3 is 0 Å². The Hall–Kier alpha value is -2.16. The van der Waals surface area contributed by atoms with E-state index >= 15 is 0 Å². The first-order valence-corrected chi connectivity index (χ1v) is 6.36. The van der Waals surface area contributed by atoms with Crippen molar-refractivity contribution in [3.63, 3.8) is 0 Å². The zero-order chi connectivity index (χ0) is 13.8. The third-order valence-electron chi connectivity index (χ3n) is 3.55. The van der Waals surface area contributed by atoms with E-state index in [2.05, 4.69) is 32.0 Å². The molecule has 0 saturated carbocycles. The van der Waals surface area contributed by atoms with Crippen molar-refractivity contribution in [2.75, 3.05) is 0 Å². The Morgan fingerprint density at radius 1 is 1.00 bits per heavy atom. The maximum absolute atomic E-state index is 10.6. The molecule has 0 heterocycles. The summed E-state index contributed by atoms with van der Waals surface area (Å²) >= 11 is 0. The summed E-state index contributed by atoms with van der Waals surface area (Å²) in [6, 6.07) is 13.1. The van der Waals surface area contributed by atoms with Crippen LogP contribution in [-0.4, -0.2) is 4.92 Å². The Kier molecular flexibility index (Phi) is 3.95. The molecule has 0 unspecified atom stereocenters. The molecule has 0 saturated heterocycles. The SMILES string of the molecule is Cc1cccc(CCc2ccc([N+](=O)[O-])cc2)c1C. The molecule has 0 aromatic heterocycles. The summed E-state index contributed by atoms with van der Waals surface area (Å²) in [6.45, 7) is 4.26. The van der Waals surface area contributed by atoms with Gasteiger partial charge in [-0.1, -0.05) is 30.3 Å². The quantitative estimate of drug-likeness (QED) is 0.612. The second-order valence-corrected chi connectivity index (χ2v) is 4.78. The van der Waals surface area contributed by atoms with Crippen molar-refractivity contribution in [1.82, 2.24) is 0 Å². The molecule has 0 aliphatic heterocycles. The molecule has 19 heavy (non-hydrogen) atoms. The zero-order valence-electron chi connectivity index (χ0n) is 11.2. The lowest BCUT2D eigenvalue weighted by molar-refractivity contribution is -0.384. The number of nitro benzene ring substituents is 1. The van der Waals surface area contributed by atoms with E-state index in [1.54, 1.807) is 12.1 Å². The summed E-state index contributed by atoms with van der Waals surface area (Å²) in [4.78, 5) is 10.2. The number of nitrogens with zero attached hydrogens (tertiary/aromatic N) is 1. The molecule has 0 fully saturated rings. The van der Waals surface area contributed by atoms with Gasteiger partial charge in [0, 0.05) is 12.1 Å². The van der Waals surface area contributed by atoms with E-state index in [0.717, 1.165) is 18.4 Å². The number of hydrogen-bond donors (Lipinski definition) is 0. The first kappa shape index (κ1) is 13.3. The van der Waals surface area contributed by atoms with E-state index in [4.69, 9.17) is 0 Å². The topological polar surface area (TPSA) is 43.1 Å². The molecule has 0 atom stereocenters. The van der Waals surface area contributed by atoms with Crippen LogP contribution in [0, 0.1) is 24.0 Å². The van der Waals surface area contributed by atoms with Gasteiger partial charge in [-0.3, -0.25) is 10.1 Å². The first-order chi connectivity index (χ1) is 9.08. The summed E-state index contributed by atoms with van der Waals surface area (Å²) in [5.41, 5.74) is 5.27. The van der Waals surface area contributed by atoms with Crippen LogP contribution in [0.1, 0.15) is 22.3 Å². The summed E-state index contributed by atoms with van der Waals surface area (Å²) in [5, 5.41) is 10.6. The number of non-ortho nitro benzene ring substituents is 1. The second-order valence-electron chi connectivity index (χ2n) is 4.78. The normalized spacial score (nSPS) is 10.4. The van der Waals surface area contributed by atoms with Gasteiger partial charge in [0.2, 0.25) is 0 Å². The Morgan fingerprint density at radius 3 is 2.32 bits per heavy atom. The first-order valence-electron chi connectivity index (χ1n) is 6.36. The highest BCUT2D eigenvalue weighted by Crippen LogP contribution is 2.17. The molecule has 3 nitrogen and oxygen atoms in total. The van der Waals surface area contributed by atoms with Gasteiger partial charge < -0.3 is 0 Å². The van der Waals surface area contributed by atoms with Crippen LogP contribution in [0.15, 0.2) is 42.5 Å². The van der Waals surface area contributed by atoms with Crippen LogP contribution < -0.4 is 0 Å². The minimum Gasteiger partial charge on any atom is -0.258 e. The van der Waals surface area contributed by atoms with Crippen LogP contribution in [-0.2, 0) is 12.8 Å². The van der Waals surface area contributed by atoms with E-state index < -0.39 is 0 Å². The molecular formula is C16H17NO2. The van der Waals surface area contributed by atoms with E-state index in [1.165, 1.54) is 16.7 Å². The van der Waals surface area contributed by atoms with Gasteiger partial charge in [-0.2, -0.15) is 0 Å². The fraction of sp³-hybridized carbons (Fsp3) is 0.250. The lowest BCUT2D eigenvalue weighted by Crippen LogP contribution is -1.96. The standard InChI is InChI=1S/C16H17NO2/c1-12-4-3-5-15(13(12)2)9-6-14-7-10-16(11-8-14)17(18)19/h3-5,7-8,10-11H,6,9H2,1-2H3. The van der Waals surface area contributed by atoms with Crippen molar-refractivity contribution in [3.05, 3.63) is 74.8 Å². The minimum absolute atomic E-state index is 0.149. The highest BCUT2D eigenvalue weighted by molar-refractivity contribution is 5.36. The Bertz CT molecular complexity index is 588. The van der Waals surface area contributed by atoms with Crippen LogP contribution >= 0.6 is 0 Å². The molecule has 3 heteroatoms. The van der Waals surface area contributed by atoms with Gasteiger partial charge in [-0.05, 0) is 48.9 Å². The summed E-state index contributed by atoms with van der Waals surface area (Å²) in [5.74, 6) is 0. The molecule has 0 spiro atoms. The maximum atomic E-state index is 10.6. The summed E-state index contributed by atoms with van der Waals surface area (Å²) in [6.07, 6.45) is 1.87. The van der Waals surface area contributed by atoms with Gasteiger partial charge in [-0.15, -0.1) is 0 Å². The molecule has 0 aliphatic carbocycles. The van der Waals surface area contributed by atoms with Gasteiger partial charge in [0.1, 0.15) is 0 Å². The maximum Gasteiger partial charge on any atom is 0.269 e. The van der Waals surface area contributed by atoms with E-state index in [9.17, 15) is 10.1 Å². The Labute approximate surface area is 113 Å². The average molecular weight is 255 g/mol. The average Bonchev–Trinajstić information content (AvgIpc) is 2.41. The van der Waals surface area contributed by atoms with Crippen molar-refractivity contribution >= 4 is 5.69 Å². The highest BCUT2D eigenvalue weighted by atomic mass is 16.6. The lowest BCUT2D eigenvalue weighted by atomic mass is 9.97. The Morgan fingerprint density at radius 2 is 1.68 bits per heavy atom. The molecule has 2 aromatic rings. The van der Waals surface area contributed by atoms with Crippen LogP contribution in [0.4, 0.5) is 5.69 Å². The van der Waals surface area contributed by atoms with Crippen molar-refractivity contribution in [2.45, 2.75) is 26.7 Å². The van der Waals surface area contributed by atoms with Crippen molar-refractivity contribution in [3.8, 4) is 0 Å². The molecule has 0 amide bonds. The third kappa shape index (κ3) is 3.19. The molecule has 0 radical (unpaired) electrons.